The van der Waals surface area contributed by atoms with Crippen molar-refractivity contribution in [3.8, 4) is 0 Å². The van der Waals surface area contributed by atoms with E-state index in [0.29, 0.717) is 25.7 Å². The van der Waals surface area contributed by atoms with E-state index in [4.69, 9.17) is 16.3 Å². The number of carbonyl (C=O) groups excluding carboxylic acids is 2. The molecular formula is C21H29ClO5. The van der Waals surface area contributed by atoms with Crippen LogP contribution in [0.5, 0.6) is 0 Å². The van der Waals surface area contributed by atoms with Gasteiger partial charge in [-0.3, -0.25) is 9.59 Å². The molecule has 0 aromatic carbocycles. The van der Waals surface area contributed by atoms with Crippen molar-refractivity contribution in [2.45, 2.75) is 75.1 Å². The zero-order valence-corrected chi connectivity index (χ0v) is 16.8. The lowest BCUT2D eigenvalue weighted by molar-refractivity contribution is -0.140. The molecule has 0 spiro atoms. The van der Waals surface area contributed by atoms with Gasteiger partial charge in [-0.1, -0.05) is 61.7 Å². The Morgan fingerprint density at radius 1 is 1.26 bits per heavy atom. The summed E-state index contributed by atoms with van der Waals surface area (Å²) < 4.78 is 9.88. The zero-order chi connectivity index (χ0) is 19.9. The van der Waals surface area contributed by atoms with Gasteiger partial charge in [-0.15, -0.1) is 0 Å². The summed E-state index contributed by atoms with van der Waals surface area (Å²) in [7, 11) is 1.36. The first-order valence-corrected chi connectivity index (χ1v) is 10.0. The van der Waals surface area contributed by atoms with Gasteiger partial charge in [-0.2, -0.15) is 0 Å². The third-order valence-electron chi connectivity index (χ3n) is 4.97. The highest BCUT2D eigenvalue weighted by Crippen LogP contribution is 2.59. The maximum Gasteiger partial charge on any atom is 0.305 e. The smallest absolute Gasteiger partial charge is 0.305 e. The Hall–Kier alpha value is -1.43. The number of allylic oxidation sites excluding steroid dienone is 4. The molecule has 1 aliphatic carbocycles. The predicted molar refractivity (Wildman–Crippen MR) is 104 cm³/mol. The molecule has 5 nitrogen and oxygen atoms in total. The predicted octanol–water partition coefficient (Wildman–Crippen LogP) is 3.99. The van der Waals surface area contributed by atoms with Gasteiger partial charge in [0.25, 0.3) is 0 Å². The molecule has 2 rings (SSSR count). The quantitative estimate of drug-likeness (QED) is 0.143. The fraction of sp³-hybridized carbons (Fsp3) is 0.619. The van der Waals surface area contributed by atoms with Gasteiger partial charge in [0.2, 0.25) is 10.8 Å². The van der Waals surface area contributed by atoms with Crippen molar-refractivity contribution >= 4 is 23.4 Å². The summed E-state index contributed by atoms with van der Waals surface area (Å²) in [6.07, 6.45) is 14.8. The number of halogens is 1. The largest absolute Gasteiger partial charge is 0.469 e. The SMILES string of the molecule is CCCCC/C=C\C[C@]1(O)/C(=C\C=C\CCCC(=O)OC)C(=O)[C@@]2(Cl)O[C@H]21. The van der Waals surface area contributed by atoms with Crippen LogP contribution in [0.25, 0.3) is 0 Å². The molecule has 2 aliphatic rings. The van der Waals surface area contributed by atoms with Crippen LogP contribution >= 0.6 is 11.6 Å². The number of carbonyl (C=O) groups is 2. The molecule has 1 aliphatic heterocycles. The second-order valence-electron chi connectivity index (χ2n) is 7.04. The van der Waals surface area contributed by atoms with Gasteiger partial charge in [0.1, 0.15) is 11.7 Å². The van der Waals surface area contributed by atoms with Crippen molar-refractivity contribution in [3.05, 3.63) is 36.0 Å². The van der Waals surface area contributed by atoms with E-state index >= 15 is 0 Å². The second-order valence-corrected chi connectivity index (χ2v) is 7.61. The standard InChI is InChI=1S/C21H29ClO5/c1-3-4-5-6-9-12-15-20(25)16(18(24)21(22)19(20)27-21)13-10-7-8-11-14-17(23)26-2/h7,9-10,12-13,19,25H,3-6,8,11,14-15H2,1-2H3/b10-7+,12-9-,16-13-/t19-,20-,21+/m0/s1. The van der Waals surface area contributed by atoms with Crippen LogP contribution in [0.2, 0.25) is 0 Å². The number of hydrogen-bond donors (Lipinski definition) is 1. The molecular weight excluding hydrogens is 368 g/mol. The van der Waals surface area contributed by atoms with Gasteiger partial charge in [0.15, 0.2) is 0 Å². The lowest BCUT2D eigenvalue weighted by Gasteiger charge is -2.23. The summed E-state index contributed by atoms with van der Waals surface area (Å²) in [6.45, 7) is 2.15. The van der Waals surface area contributed by atoms with E-state index in [9.17, 15) is 14.7 Å². The minimum atomic E-state index is -1.41. The molecule has 0 amide bonds. The summed E-state index contributed by atoms with van der Waals surface area (Å²) in [5.41, 5.74) is -1.10. The summed E-state index contributed by atoms with van der Waals surface area (Å²) in [5, 5.41) is 9.65. The lowest BCUT2D eigenvalue weighted by Crippen LogP contribution is -2.35. The first kappa shape index (κ1) is 21.9. The van der Waals surface area contributed by atoms with Gasteiger partial charge >= 0.3 is 5.97 Å². The molecule has 27 heavy (non-hydrogen) atoms. The molecule has 0 radical (unpaired) electrons. The van der Waals surface area contributed by atoms with Crippen LogP contribution in [-0.2, 0) is 19.1 Å². The summed E-state index contributed by atoms with van der Waals surface area (Å²) in [4.78, 5) is 23.6. The van der Waals surface area contributed by atoms with Gasteiger partial charge in [0, 0.05) is 18.4 Å². The van der Waals surface area contributed by atoms with Crippen LogP contribution in [0.3, 0.4) is 0 Å². The summed E-state index contributed by atoms with van der Waals surface area (Å²) in [6, 6.07) is 0. The number of alkyl halides is 1. The molecule has 0 aromatic rings. The molecule has 0 bridgehead atoms. The molecule has 1 N–H and O–H groups in total. The number of epoxide rings is 1. The molecule has 150 valence electrons. The Labute approximate surface area is 166 Å². The number of fused-ring (bicyclic) bond motifs is 1. The maximum atomic E-state index is 12.5. The summed E-state index contributed by atoms with van der Waals surface area (Å²) >= 11 is 6.19. The fourth-order valence-electron chi connectivity index (χ4n) is 3.29. The Kier molecular flexibility index (Phi) is 7.83. The van der Waals surface area contributed by atoms with E-state index in [0.717, 1.165) is 19.3 Å². The Morgan fingerprint density at radius 2 is 2.00 bits per heavy atom. The third kappa shape index (κ3) is 5.09. The van der Waals surface area contributed by atoms with E-state index in [-0.39, 0.29) is 17.3 Å². The number of aliphatic hydroxyl groups is 1. The van der Waals surface area contributed by atoms with Gasteiger partial charge in [-0.05, 0) is 25.7 Å². The number of Topliss-reactive ketones (excluding diaryl/α,β-unsaturated/α-hetero) is 1. The highest BCUT2D eigenvalue weighted by molar-refractivity contribution is 6.41. The molecule has 0 aromatic heterocycles. The molecule has 0 unspecified atom stereocenters. The summed E-state index contributed by atoms with van der Waals surface area (Å²) in [5.74, 6) is -0.607. The number of unbranched alkanes of at least 4 members (excludes halogenated alkanes) is 4. The number of rotatable bonds is 11. The second kappa shape index (κ2) is 9.67. The van der Waals surface area contributed by atoms with Crippen LogP contribution < -0.4 is 0 Å². The topological polar surface area (TPSA) is 76.1 Å². The molecule has 3 atom stereocenters. The van der Waals surface area contributed by atoms with Crippen LogP contribution in [0.15, 0.2) is 36.0 Å². The fourth-order valence-corrected chi connectivity index (χ4v) is 3.66. The van der Waals surface area contributed by atoms with E-state index in [1.54, 1.807) is 12.2 Å². The number of esters is 1. The van der Waals surface area contributed by atoms with E-state index in [1.165, 1.54) is 13.5 Å². The third-order valence-corrected chi connectivity index (χ3v) is 5.43. The van der Waals surface area contributed by atoms with E-state index in [2.05, 4.69) is 11.7 Å². The highest BCUT2D eigenvalue weighted by atomic mass is 35.5. The van der Waals surface area contributed by atoms with Crippen molar-refractivity contribution in [1.82, 2.24) is 0 Å². The Morgan fingerprint density at radius 3 is 2.70 bits per heavy atom. The van der Waals surface area contributed by atoms with Crippen molar-refractivity contribution in [1.29, 1.82) is 0 Å². The lowest BCUT2D eigenvalue weighted by atomic mass is 9.90. The van der Waals surface area contributed by atoms with Crippen LogP contribution in [-0.4, -0.2) is 40.7 Å². The Bertz CT molecular complexity index is 638. The monoisotopic (exact) mass is 396 g/mol. The first-order valence-electron chi connectivity index (χ1n) is 9.63. The molecule has 1 saturated carbocycles. The average molecular weight is 397 g/mol. The molecule has 1 heterocycles. The van der Waals surface area contributed by atoms with Crippen LogP contribution in [0, 0.1) is 0 Å². The first-order chi connectivity index (χ1) is 12.9. The van der Waals surface area contributed by atoms with Crippen molar-refractivity contribution < 1.29 is 24.2 Å². The van der Waals surface area contributed by atoms with E-state index < -0.39 is 16.8 Å². The molecule has 1 saturated heterocycles. The van der Waals surface area contributed by atoms with E-state index in [1.807, 2.05) is 18.2 Å². The number of ether oxygens (including phenoxy) is 2. The zero-order valence-electron chi connectivity index (χ0n) is 16.1. The van der Waals surface area contributed by atoms with Gasteiger partial charge < -0.3 is 14.6 Å². The maximum absolute atomic E-state index is 12.5. The van der Waals surface area contributed by atoms with Gasteiger partial charge in [0.05, 0.1) is 7.11 Å². The normalized spacial score (nSPS) is 31.2. The average Bonchev–Trinajstić information content (AvgIpc) is 3.33. The van der Waals surface area contributed by atoms with Crippen molar-refractivity contribution in [2.75, 3.05) is 7.11 Å². The molecule has 2 fully saturated rings. The number of methoxy groups -OCH3 is 1. The molecule has 6 heteroatoms. The number of ketones is 1. The minimum Gasteiger partial charge on any atom is -0.469 e. The minimum absolute atomic E-state index is 0.242. The van der Waals surface area contributed by atoms with Crippen LogP contribution in [0.4, 0.5) is 0 Å². The Balaban J connectivity index is 1.95. The highest BCUT2D eigenvalue weighted by Gasteiger charge is 2.77. The number of hydrogen-bond acceptors (Lipinski definition) is 5. The van der Waals surface area contributed by atoms with Gasteiger partial charge in [-0.25, -0.2) is 0 Å². The van der Waals surface area contributed by atoms with Crippen LogP contribution in [0.1, 0.15) is 58.3 Å². The van der Waals surface area contributed by atoms with Crippen molar-refractivity contribution in [3.63, 3.8) is 0 Å². The van der Waals surface area contributed by atoms with Crippen molar-refractivity contribution in [2.24, 2.45) is 0 Å².